The van der Waals surface area contributed by atoms with Crippen LogP contribution in [0.1, 0.15) is 100 Å². The summed E-state index contributed by atoms with van der Waals surface area (Å²) >= 11 is 1.45. The van der Waals surface area contributed by atoms with Crippen molar-refractivity contribution in [3.8, 4) is 28.5 Å². The highest BCUT2D eigenvalue weighted by Crippen LogP contribution is 2.48. The smallest absolute Gasteiger partial charge is 0.410 e. The molecular formula is C46H59F2N5O4SSi. The van der Waals surface area contributed by atoms with Crippen LogP contribution in [0.5, 0.6) is 5.75 Å². The molecule has 2 fully saturated rings. The number of piperazine rings is 1. The lowest BCUT2D eigenvalue weighted by molar-refractivity contribution is 0.00490. The maximum Gasteiger partial charge on any atom is 0.410 e. The highest BCUT2D eigenvalue weighted by atomic mass is 32.2. The summed E-state index contributed by atoms with van der Waals surface area (Å²) in [5.74, 6) is 4.04. The number of halogens is 2. The third kappa shape index (κ3) is 7.67. The molecule has 7 rings (SSSR count). The molecule has 0 N–H and O–H groups in total. The lowest BCUT2D eigenvalue weighted by Gasteiger charge is -2.49. The van der Waals surface area contributed by atoms with E-state index in [2.05, 4.69) is 64.8 Å². The molecule has 316 valence electrons. The van der Waals surface area contributed by atoms with Gasteiger partial charge in [0.2, 0.25) is 0 Å². The number of pyridine rings is 1. The van der Waals surface area contributed by atoms with E-state index in [-0.39, 0.29) is 53.7 Å². The molecule has 1 amide bonds. The van der Waals surface area contributed by atoms with Crippen molar-refractivity contribution >= 4 is 53.4 Å². The average molecular weight is 844 g/mol. The fraction of sp³-hybridized carbons (Fsp3) is 0.565. The molecule has 2 bridgehead atoms. The van der Waals surface area contributed by atoms with Gasteiger partial charge in [-0.25, -0.2) is 28.5 Å². The van der Waals surface area contributed by atoms with E-state index >= 15 is 8.78 Å². The van der Waals surface area contributed by atoms with E-state index in [1.807, 2.05) is 38.7 Å². The molecule has 3 aliphatic heterocycles. The number of hydrogen-bond acceptors (Lipinski definition) is 9. The summed E-state index contributed by atoms with van der Waals surface area (Å²) in [5, 5.41) is 2.16. The quantitative estimate of drug-likeness (QED) is 0.0537. The minimum atomic E-state index is -2.29. The van der Waals surface area contributed by atoms with Crippen LogP contribution in [0.3, 0.4) is 0 Å². The van der Waals surface area contributed by atoms with Crippen molar-refractivity contribution in [1.82, 2.24) is 19.9 Å². The van der Waals surface area contributed by atoms with Crippen LogP contribution in [-0.4, -0.2) is 83.9 Å². The number of hydrogen-bond donors (Lipinski definition) is 0. The first kappa shape index (κ1) is 43.1. The van der Waals surface area contributed by atoms with Gasteiger partial charge >= 0.3 is 6.09 Å². The number of carbonyl (C=O) groups excluding carboxylic acids is 1. The summed E-state index contributed by atoms with van der Waals surface area (Å²) < 4.78 is 51.4. The van der Waals surface area contributed by atoms with Crippen LogP contribution < -0.4 is 9.64 Å². The number of benzene rings is 2. The first-order chi connectivity index (χ1) is 27.9. The van der Waals surface area contributed by atoms with Crippen molar-refractivity contribution in [1.29, 1.82) is 0 Å². The minimum absolute atomic E-state index is 0.0114. The zero-order chi connectivity index (χ0) is 42.7. The molecule has 2 aromatic heterocycles. The molecule has 9 nitrogen and oxygen atoms in total. The van der Waals surface area contributed by atoms with Gasteiger partial charge in [0.25, 0.3) is 0 Å². The Kier molecular flexibility index (Phi) is 12.0. The lowest BCUT2D eigenvalue weighted by Crippen LogP contribution is -2.63. The van der Waals surface area contributed by atoms with Crippen molar-refractivity contribution in [3.05, 3.63) is 47.2 Å². The Morgan fingerprint density at radius 2 is 1.73 bits per heavy atom. The van der Waals surface area contributed by atoms with E-state index in [9.17, 15) is 4.79 Å². The van der Waals surface area contributed by atoms with Gasteiger partial charge in [-0.3, -0.25) is 4.90 Å². The standard InChI is InChI=1S/C46H59F2N5O4SSi/c1-13-58-44-50-41-38-35(20-28(8)42-36-17-15-30(23-52(42)43(38)51-44)53(36)45(54)57-46(9,10)11)49-40(39(41)48)33-22-31(56-24-55-12)21-29-14-16-34(47)32(37(29)33)18-19-59(25(2)3,26(4)5)27(6)7/h14,16,21-22,25-28,30,36,42H,13,15,17,20,23-24H2,1-12H3/t28-,30-,36+,42+/m1/s1. The van der Waals surface area contributed by atoms with E-state index < -0.39 is 25.3 Å². The third-order valence-corrected chi connectivity index (χ3v) is 19.7. The molecule has 0 aliphatic carbocycles. The van der Waals surface area contributed by atoms with E-state index in [1.54, 1.807) is 12.1 Å². The van der Waals surface area contributed by atoms with Gasteiger partial charge in [0.1, 0.15) is 42.3 Å². The Hall–Kier alpha value is -3.99. The van der Waals surface area contributed by atoms with E-state index in [4.69, 9.17) is 29.2 Å². The molecule has 13 heteroatoms. The second-order valence-electron chi connectivity index (χ2n) is 18.4. The number of thioether (sulfide) groups is 1. The molecule has 4 atom stereocenters. The molecule has 0 unspecified atom stereocenters. The Morgan fingerprint density at radius 3 is 2.37 bits per heavy atom. The molecule has 5 heterocycles. The fourth-order valence-electron chi connectivity index (χ4n) is 10.4. The molecule has 2 aromatic carbocycles. The van der Waals surface area contributed by atoms with Gasteiger partial charge in [0.15, 0.2) is 17.8 Å². The number of nitrogens with zero attached hydrogens (tertiary/aromatic N) is 5. The lowest BCUT2D eigenvalue weighted by atomic mass is 9.88. The van der Waals surface area contributed by atoms with Gasteiger partial charge < -0.3 is 19.1 Å². The number of anilines is 1. The summed E-state index contributed by atoms with van der Waals surface area (Å²) in [6, 6.07) is 6.34. The van der Waals surface area contributed by atoms with E-state index in [1.165, 1.54) is 24.9 Å². The van der Waals surface area contributed by atoms with Gasteiger partial charge in [0, 0.05) is 24.6 Å². The van der Waals surface area contributed by atoms with Gasteiger partial charge in [-0.15, -0.1) is 5.54 Å². The summed E-state index contributed by atoms with van der Waals surface area (Å²) in [7, 11) is -0.758. The summed E-state index contributed by atoms with van der Waals surface area (Å²) in [6.45, 7) is 23.7. The van der Waals surface area contributed by atoms with Gasteiger partial charge in [0.05, 0.1) is 34.8 Å². The molecular weight excluding hydrogens is 785 g/mol. The topological polar surface area (TPSA) is 89.9 Å². The molecule has 0 saturated carbocycles. The van der Waals surface area contributed by atoms with Crippen molar-refractivity contribution in [2.45, 2.75) is 141 Å². The first-order valence-corrected chi connectivity index (χ1v) is 24.4. The van der Waals surface area contributed by atoms with Crippen LogP contribution in [0.2, 0.25) is 16.6 Å². The van der Waals surface area contributed by atoms with Crippen LogP contribution in [0.4, 0.5) is 19.4 Å². The number of aromatic nitrogens is 3. The maximum absolute atomic E-state index is 17.8. The Labute approximate surface area is 353 Å². The summed E-state index contributed by atoms with van der Waals surface area (Å²) in [6.07, 6.45) is 1.85. The predicted molar refractivity (Wildman–Crippen MR) is 236 cm³/mol. The number of amides is 1. The van der Waals surface area contributed by atoms with Crippen LogP contribution in [0.25, 0.3) is 32.9 Å². The SMILES string of the molecule is CCSc1nc2c3c(nc(-c4cc(OCOC)cc5ccc(F)c(C#C[Si](C(C)C)(C(C)C)C(C)C)c45)c(F)c3n1)C[C@@H](C)[C@H]1[C@@H]3CC[C@H](CN21)N3C(=O)OC(C)(C)C. The zero-order valence-electron chi connectivity index (χ0n) is 36.6. The number of rotatable bonds is 9. The van der Waals surface area contributed by atoms with Gasteiger partial charge in [-0.05, 0) is 91.9 Å². The highest BCUT2D eigenvalue weighted by Gasteiger charge is 2.53. The van der Waals surface area contributed by atoms with Gasteiger partial charge in [-0.2, -0.15) is 0 Å². The maximum atomic E-state index is 17.8. The first-order valence-electron chi connectivity index (χ1n) is 21.1. The Morgan fingerprint density at radius 1 is 1.02 bits per heavy atom. The molecule has 3 aliphatic rings. The predicted octanol–water partition coefficient (Wildman–Crippen LogP) is 10.9. The molecule has 4 aromatic rings. The van der Waals surface area contributed by atoms with Crippen molar-refractivity contribution in [2.24, 2.45) is 5.92 Å². The van der Waals surface area contributed by atoms with Crippen molar-refractivity contribution in [3.63, 3.8) is 0 Å². The number of methoxy groups -OCH3 is 1. The second-order valence-corrected chi connectivity index (χ2v) is 25.2. The van der Waals surface area contributed by atoms with Crippen LogP contribution in [0, 0.1) is 29.0 Å². The van der Waals surface area contributed by atoms with Crippen molar-refractivity contribution < 1.29 is 27.8 Å². The van der Waals surface area contributed by atoms with Crippen LogP contribution in [-0.2, 0) is 15.9 Å². The van der Waals surface area contributed by atoms with Crippen LogP contribution in [0.15, 0.2) is 29.4 Å². The Balaban J connectivity index is 1.48. The number of carbonyl (C=O) groups is 1. The minimum Gasteiger partial charge on any atom is -0.468 e. The fourth-order valence-corrected chi connectivity index (χ4v) is 16.2. The van der Waals surface area contributed by atoms with Crippen molar-refractivity contribution in [2.75, 3.05) is 31.1 Å². The van der Waals surface area contributed by atoms with E-state index in [0.29, 0.717) is 79.5 Å². The highest BCUT2D eigenvalue weighted by molar-refractivity contribution is 7.99. The van der Waals surface area contributed by atoms with Crippen LogP contribution >= 0.6 is 11.8 Å². The average Bonchev–Trinajstić information content (AvgIpc) is 3.41. The molecule has 0 spiro atoms. The largest absolute Gasteiger partial charge is 0.468 e. The van der Waals surface area contributed by atoms with E-state index in [0.717, 1.165) is 12.8 Å². The zero-order valence-corrected chi connectivity index (χ0v) is 38.4. The Bertz CT molecular complexity index is 2320. The number of fused-ring (bicyclic) bond motifs is 6. The summed E-state index contributed by atoms with van der Waals surface area (Å²) in [4.78, 5) is 33.2. The number of ether oxygens (including phenoxy) is 3. The normalized spacial score (nSPS) is 20.4. The molecule has 59 heavy (non-hydrogen) atoms. The third-order valence-electron chi connectivity index (χ3n) is 12.7. The second kappa shape index (κ2) is 16.5. The molecule has 2 saturated heterocycles. The van der Waals surface area contributed by atoms with Gasteiger partial charge in [-0.1, -0.05) is 79.1 Å². The monoisotopic (exact) mass is 843 g/mol. The summed E-state index contributed by atoms with van der Waals surface area (Å²) in [5.41, 5.74) is 5.54. The molecule has 0 radical (unpaired) electrons.